The van der Waals surface area contributed by atoms with E-state index in [0.29, 0.717) is 5.56 Å². The summed E-state index contributed by atoms with van der Waals surface area (Å²) in [5.74, 6) is -0.169. The summed E-state index contributed by atoms with van der Waals surface area (Å²) in [7, 11) is 1.59. The minimum Gasteiger partial charge on any atom is -0.496 e. The van der Waals surface area contributed by atoms with E-state index in [1.165, 1.54) is 0 Å². The number of nitrogens with zero attached hydrogens (tertiary/aromatic N) is 1. The molecule has 0 fully saturated rings. The summed E-state index contributed by atoms with van der Waals surface area (Å²) >= 11 is 0. The van der Waals surface area contributed by atoms with Gasteiger partial charge in [0.15, 0.2) is 11.5 Å². The molecular weight excluding hydrogens is 246 g/mol. The lowest BCUT2D eigenvalue weighted by molar-refractivity contribution is 0.0691. The van der Waals surface area contributed by atoms with Gasteiger partial charge >= 0.3 is 5.97 Å². The quantitative estimate of drug-likeness (QED) is 0.784. The molecule has 2 rings (SSSR count). The molecule has 0 spiro atoms. The number of carbonyl (C=O) groups is 1. The topological polar surface area (TPSA) is 101 Å². The normalized spacial score (nSPS) is 10.5. The maximum absolute atomic E-state index is 11.2. The number of aromatic nitrogens is 2. The summed E-state index contributed by atoms with van der Waals surface area (Å²) in [5, 5.41) is 15.4. The van der Waals surface area contributed by atoms with Crippen molar-refractivity contribution in [2.24, 2.45) is 0 Å². The first-order chi connectivity index (χ1) is 8.97. The van der Waals surface area contributed by atoms with Gasteiger partial charge in [0.05, 0.1) is 12.7 Å². The molecule has 0 amide bonds. The Kier molecular flexibility index (Phi) is 3.16. The molecule has 6 nitrogen and oxygen atoms in total. The number of anilines is 1. The van der Waals surface area contributed by atoms with Crippen molar-refractivity contribution in [3.8, 4) is 16.9 Å². The number of carboxylic acid groups (broad SMARTS) is 1. The summed E-state index contributed by atoms with van der Waals surface area (Å²) in [6, 6.07) is 3.57. The lowest BCUT2D eigenvalue weighted by Gasteiger charge is -2.12. The van der Waals surface area contributed by atoms with Gasteiger partial charge in [0.1, 0.15) is 5.75 Å². The van der Waals surface area contributed by atoms with Gasteiger partial charge in [-0.25, -0.2) is 4.79 Å². The maximum atomic E-state index is 11.2. The third kappa shape index (κ3) is 2.01. The summed E-state index contributed by atoms with van der Waals surface area (Å²) in [6.07, 6.45) is 0. The van der Waals surface area contributed by atoms with E-state index in [-0.39, 0.29) is 11.5 Å². The molecule has 100 valence electrons. The fourth-order valence-electron chi connectivity index (χ4n) is 2.07. The Balaban J connectivity index is 2.70. The first kappa shape index (κ1) is 12.9. The number of rotatable bonds is 3. The lowest BCUT2D eigenvalue weighted by atomic mass is 9.96. The first-order valence-electron chi connectivity index (χ1n) is 5.69. The maximum Gasteiger partial charge on any atom is 0.354 e. The number of H-pyrrole nitrogens is 1. The smallest absolute Gasteiger partial charge is 0.354 e. The third-order valence-corrected chi connectivity index (χ3v) is 3.23. The van der Waals surface area contributed by atoms with E-state index in [1.807, 2.05) is 13.8 Å². The van der Waals surface area contributed by atoms with Gasteiger partial charge in [0.2, 0.25) is 0 Å². The van der Waals surface area contributed by atoms with Gasteiger partial charge in [-0.3, -0.25) is 5.10 Å². The van der Waals surface area contributed by atoms with Gasteiger partial charge in [-0.1, -0.05) is 6.07 Å². The van der Waals surface area contributed by atoms with Crippen LogP contribution in [0.5, 0.6) is 5.75 Å². The van der Waals surface area contributed by atoms with Crippen LogP contribution in [0.15, 0.2) is 12.1 Å². The number of aromatic amines is 1. The number of ether oxygens (including phenoxy) is 1. The van der Waals surface area contributed by atoms with Crippen molar-refractivity contribution >= 4 is 11.8 Å². The molecule has 0 unspecified atom stereocenters. The van der Waals surface area contributed by atoms with Crippen LogP contribution in [-0.4, -0.2) is 28.4 Å². The van der Waals surface area contributed by atoms with E-state index in [1.54, 1.807) is 19.2 Å². The van der Waals surface area contributed by atoms with Crippen molar-refractivity contribution in [1.82, 2.24) is 10.2 Å². The van der Waals surface area contributed by atoms with Crippen LogP contribution in [0.25, 0.3) is 11.1 Å². The number of carboxylic acids is 1. The molecule has 0 aliphatic carbocycles. The van der Waals surface area contributed by atoms with Gasteiger partial charge in [0, 0.05) is 0 Å². The highest BCUT2D eigenvalue weighted by Crippen LogP contribution is 2.35. The number of nitrogens with one attached hydrogen (secondary N) is 1. The van der Waals surface area contributed by atoms with Crippen LogP contribution in [0.1, 0.15) is 21.6 Å². The van der Waals surface area contributed by atoms with E-state index >= 15 is 0 Å². The summed E-state index contributed by atoms with van der Waals surface area (Å²) < 4.78 is 5.24. The Morgan fingerprint density at radius 3 is 2.63 bits per heavy atom. The van der Waals surface area contributed by atoms with Crippen LogP contribution in [0, 0.1) is 13.8 Å². The molecule has 19 heavy (non-hydrogen) atoms. The zero-order valence-corrected chi connectivity index (χ0v) is 10.9. The molecule has 0 saturated heterocycles. The summed E-state index contributed by atoms with van der Waals surface area (Å²) in [5.41, 5.74) is 8.76. The number of benzene rings is 1. The van der Waals surface area contributed by atoms with Crippen molar-refractivity contribution in [1.29, 1.82) is 0 Å². The Morgan fingerprint density at radius 1 is 1.37 bits per heavy atom. The second-order valence-electron chi connectivity index (χ2n) is 4.23. The largest absolute Gasteiger partial charge is 0.496 e. The predicted molar refractivity (Wildman–Crippen MR) is 71.4 cm³/mol. The van der Waals surface area contributed by atoms with Crippen molar-refractivity contribution in [3.05, 3.63) is 29.0 Å². The SMILES string of the molecule is COc1ccc(-c2c(N)n[nH]c2C(=O)O)c(C)c1C. The van der Waals surface area contributed by atoms with Gasteiger partial charge in [0.25, 0.3) is 0 Å². The fourth-order valence-corrected chi connectivity index (χ4v) is 2.07. The van der Waals surface area contributed by atoms with Gasteiger partial charge in [-0.05, 0) is 36.6 Å². The first-order valence-corrected chi connectivity index (χ1v) is 5.69. The molecule has 0 saturated carbocycles. The van der Waals surface area contributed by atoms with Gasteiger partial charge in [-0.15, -0.1) is 0 Å². The van der Waals surface area contributed by atoms with E-state index in [2.05, 4.69) is 10.2 Å². The highest BCUT2D eigenvalue weighted by atomic mass is 16.5. The van der Waals surface area contributed by atoms with Crippen LogP contribution in [0.3, 0.4) is 0 Å². The van der Waals surface area contributed by atoms with Crippen molar-refractivity contribution < 1.29 is 14.6 Å². The Hall–Kier alpha value is -2.50. The molecule has 0 aliphatic heterocycles. The van der Waals surface area contributed by atoms with Gasteiger partial charge < -0.3 is 15.6 Å². The van der Waals surface area contributed by atoms with E-state index in [0.717, 1.165) is 22.4 Å². The monoisotopic (exact) mass is 261 g/mol. The number of nitrogen functional groups attached to an aromatic ring is 1. The van der Waals surface area contributed by atoms with E-state index in [4.69, 9.17) is 15.6 Å². The van der Waals surface area contributed by atoms with Crippen LogP contribution in [-0.2, 0) is 0 Å². The van der Waals surface area contributed by atoms with Crippen molar-refractivity contribution in [2.75, 3.05) is 12.8 Å². The standard InChI is InChI=1S/C13H15N3O3/c1-6-7(2)9(19-3)5-4-8(6)10-11(13(17)18)15-16-12(10)14/h4-5H,1-3H3,(H,17,18)(H3,14,15,16). The predicted octanol–water partition coefficient (Wildman–Crippen LogP) is 1.98. The van der Waals surface area contributed by atoms with Crippen molar-refractivity contribution in [2.45, 2.75) is 13.8 Å². The zero-order chi connectivity index (χ0) is 14.2. The Morgan fingerprint density at radius 2 is 2.05 bits per heavy atom. The molecule has 1 heterocycles. The van der Waals surface area contributed by atoms with Crippen molar-refractivity contribution in [3.63, 3.8) is 0 Å². The highest BCUT2D eigenvalue weighted by Gasteiger charge is 2.21. The highest BCUT2D eigenvalue weighted by molar-refractivity contribution is 5.98. The minimum absolute atomic E-state index is 0.00910. The van der Waals surface area contributed by atoms with E-state index in [9.17, 15) is 4.79 Å². The molecule has 0 bridgehead atoms. The molecule has 1 aromatic heterocycles. The minimum atomic E-state index is -1.09. The second kappa shape index (κ2) is 4.64. The third-order valence-electron chi connectivity index (χ3n) is 3.23. The lowest BCUT2D eigenvalue weighted by Crippen LogP contribution is -2.01. The molecule has 1 aromatic carbocycles. The Labute approximate surface area is 110 Å². The second-order valence-corrected chi connectivity index (χ2v) is 4.23. The molecule has 6 heteroatoms. The molecule has 0 atom stereocenters. The summed E-state index contributed by atoms with van der Waals surface area (Å²) in [4.78, 5) is 11.2. The van der Waals surface area contributed by atoms with Crippen LogP contribution in [0.4, 0.5) is 5.82 Å². The van der Waals surface area contributed by atoms with E-state index < -0.39 is 5.97 Å². The average Bonchev–Trinajstić information content (AvgIpc) is 2.75. The number of nitrogens with two attached hydrogens (primary N) is 1. The average molecular weight is 261 g/mol. The van der Waals surface area contributed by atoms with Gasteiger partial charge in [-0.2, -0.15) is 5.10 Å². The molecular formula is C13H15N3O3. The molecule has 2 aromatic rings. The van der Waals surface area contributed by atoms with Crippen LogP contribution >= 0.6 is 0 Å². The number of methoxy groups -OCH3 is 1. The number of hydrogen-bond donors (Lipinski definition) is 3. The molecule has 0 radical (unpaired) electrons. The number of hydrogen-bond acceptors (Lipinski definition) is 4. The van der Waals surface area contributed by atoms with Crippen LogP contribution in [0.2, 0.25) is 0 Å². The zero-order valence-electron chi connectivity index (χ0n) is 10.9. The van der Waals surface area contributed by atoms with Crippen LogP contribution < -0.4 is 10.5 Å². The molecule has 0 aliphatic rings. The fraction of sp³-hybridized carbons (Fsp3) is 0.231. The molecule has 4 N–H and O–H groups in total. The number of aromatic carboxylic acids is 1. The summed E-state index contributed by atoms with van der Waals surface area (Å²) in [6.45, 7) is 3.81. The Bertz CT molecular complexity index is 647.